The van der Waals surface area contributed by atoms with Gasteiger partial charge < -0.3 is 10.4 Å². The molecule has 18 heavy (non-hydrogen) atoms. The van der Waals surface area contributed by atoms with Crippen molar-refractivity contribution in [2.75, 3.05) is 5.32 Å². The summed E-state index contributed by atoms with van der Waals surface area (Å²) in [6.45, 7) is 1.94. The van der Waals surface area contributed by atoms with Gasteiger partial charge in [-0.05, 0) is 42.8 Å². The van der Waals surface area contributed by atoms with Crippen molar-refractivity contribution in [2.24, 2.45) is 0 Å². The van der Waals surface area contributed by atoms with Gasteiger partial charge in [-0.15, -0.1) is 0 Å². The predicted molar refractivity (Wildman–Crippen MR) is 74.2 cm³/mol. The van der Waals surface area contributed by atoms with Crippen molar-refractivity contribution >= 4 is 21.6 Å². The summed E-state index contributed by atoms with van der Waals surface area (Å²) in [4.78, 5) is 0. The zero-order valence-electron chi connectivity index (χ0n) is 9.82. The second kappa shape index (κ2) is 5.40. The molecule has 0 bridgehead atoms. The van der Waals surface area contributed by atoms with E-state index in [1.807, 2.05) is 19.1 Å². The lowest BCUT2D eigenvalue weighted by atomic mass is 10.1. The standard InChI is InChI=1S/C14H13BrFNO/c1-9(10-2-5-12(18)6-3-10)17-14-7-4-11(15)8-13(14)16/h2-9,17-18H,1H3. The third-order valence-electron chi connectivity index (χ3n) is 2.70. The third kappa shape index (κ3) is 3.01. The van der Waals surface area contributed by atoms with Crippen LogP contribution in [0.25, 0.3) is 0 Å². The van der Waals surface area contributed by atoms with E-state index in [4.69, 9.17) is 0 Å². The van der Waals surface area contributed by atoms with Crippen LogP contribution in [0.2, 0.25) is 0 Å². The van der Waals surface area contributed by atoms with E-state index >= 15 is 0 Å². The van der Waals surface area contributed by atoms with Gasteiger partial charge in [0, 0.05) is 10.5 Å². The van der Waals surface area contributed by atoms with Gasteiger partial charge in [-0.1, -0.05) is 28.1 Å². The van der Waals surface area contributed by atoms with E-state index in [0.29, 0.717) is 10.2 Å². The molecule has 0 amide bonds. The predicted octanol–water partition coefficient (Wildman–Crippen LogP) is 4.47. The van der Waals surface area contributed by atoms with Gasteiger partial charge in [-0.2, -0.15) is 0 Å². The van der Waals surface area contributed by atoms with Crippen LogP contribution in [-0.2, 0) is 0 Å². The Morgan fingerprint density at radius 2 is 1.83 bits per heavy atom. The number of aromatic hydroxyl groups is 1. The van der Waals surface area contributed by atoms with Crippen LogP contribution >= 0.6 is 15.9 Å². The van der Waals surface area contributed by atoms with E-state index in [1.165, 1.54) is 6.07 Å². The molecule has 1 atom stereocenters. The molecule has 2 N–H and O–H groups in total. The molecular formula is C14H13BrFNO. The number of benzene rings is 2. The molecule has 0 heterocycles. The lowest BCUT2D eigenvalue weighted by Gasteiger charge is -2.16. The minimum Gasteiger partial charge on any atom is -0.508 e. The van der Waals surface area contributed by atoms with E-state index in [2.05, 4.69) is 21.2 Å². The third-order valence-corrected chi connectivity index (χ3v) is 3.19. The molecule has 2 aromatic carbocycles. The number of hydrogen-bond donors (Lipinski definition) is 2. The number of hydrogen-bond acceptors (Lipinski definition) is 2. The van der Waals surface area contributed by atoms with Gasteiger partial charge in [0.2, 0.25) is 0 Å². The van der Waals surface area contributed by atoms with Crippen LogP contribution in [0.5, 0.6) is 5.75 Å². The highest BCUT2D eigenvalue weighted by Crippen LogP contribution is 2.25. The molecule has 0 saturated heterocycles. The highest BCUT2D eigenvalue weighted by Gasteiger charge is 2.08. The molecule has 4 heteroatoms. The largest absolute Gasteiger partial charge is 0.508 e. The SMILES string of the molecule is CC(Nc1ccc(Br)cc1F)c1ccc(O)cc1. The maximum Gasteiger partial charge on any atom is 0.147 e. The second-order valence-corrected chi connectivity index (χ2v) is 5.00. The van der Waals surface area contributed by atoms with Crippen molar-refractivity contribution in [3.05, 3.63) is 58.3 Å². The fourth-order valence-electron chi connectivity index (χ4n) is 1.69. The van der Waals surface area contributed by atoms with Gasteiger partial charge in [-0.25, -0.2) is 4.39 Å². The summed E-state index contributed by atoms with van der Waals surface area (Å²) in [6.07, 6.45) is 0. The molecule has 0 aliphatic rings. The average Bonchev–Trinajstić information content (AvgIpc) is 2.33. The summed E-state index contributed by atoms with van der Waals surface area (Å²) < 4.78 is 14.4. The molecule has 1 unspecified atom stereocenters. The van der Waals surface area contributed by atoms with Crippen molar-refractivity contribution in [1.29, 1.82) is 0 Å². The van der Waals surface area contributed by atoms with Crippen LogP contribution in [-0.4, -0.2) is 5.11 Å². The zero-order valence-corrected chi connectivity index (χ0v) is 11.4. The van der Waals surface area contributed by atoms with E-state index in [-0.39, 0.29) is 17.6 Å². The topological polar surface area (TPSA) is 32.3 Å². The highest BCUT2D eigenvalue weighted by molar-refractivity contribution is 9.10. The Bertz CT molecular complexity index is 542. The number of phenols is 1. The van der Waals surface area contributed by atoms with Crippen LogP contribution in [0.3, 0.4) is 0 Å². The molecule has 0 spiro atoms. The van der Waals surface area contributed by atoms with Gasteiger partial charge in [0.15, 0.2) is 0 Å². The van der Waals surface area contributed by atoms with Gasteiger partial charge in [-0.3, -0.25) is 0 Å². The lowest BCUT2D eigenvalue weighted by molar-refractivity contribution is 0.475. The Hall–Kier alpha value is -1.55. The smallest absolute Gasteiger partial charge is 0.147 e. The average molecular weight is 310 g/mol. The molecule has 2 nitrogen and oxygen atoms in total. The van der Waals surface area contributed by atoms with Crippen LogP contribution in [0.4, 0.5) is 10.1 Å². The van der Waals surface area contributed by atoms with Gasteiger partial charge in [0.25, 0.3) is 0 Å². The summed E-state index contributed by atoms with van der Waals surface area (Å²) in [6, 6.07) is 11.7. The number of phenolic OH excluding ortho intramolecular Hbond substituents is 1. The van der Waals surface area contributed by atoms with Crippen molar-refractivity contribution in [1.82, 2.24) is 0 Å². The molecule has 2 aromatic rings. The summed E-state index contributed by atoms with van der Waals surface area (Å²) in [5, 5.41) is 12.3. The molecule has 2 rings (SSSR count). The van der Waals surface area contributed by atoms with Crippen LogP contribution < -0.4 is 5.32 Å². The van der Waals surface area contributed by atoms with Crippen LogP contribution in [0.1, 0.15) is 18.5 Å². The zero-order chi connectivity index (χ0) is 13.1. The Labute approximate surface area is 114 Å². The first kappa shape index (κ1) is 12.9. The number of rotatable bonds is 3. The second-order valence-electron chi connectivity index (χ2n) is 4.08. The molecule has 0 aromatic heterocycles. The Morgan fingerprint density at radius 3 is 2.44 bits per heavy atom. The Balaban J connectivity index is 2.15. The first-order valence-electron chi connectivity index (χ1n) is 5.57. The van der Waals surface area contributed by atoms with E-state index in [9.17, 15) is 9.50 Å². The highest BCUT2D eigenvalue weighted by atomic mass is 79.9. The fourth-order valence-corrected chi connectivity index (χ4v) is 2.02. The molecule has 0 aliphatic heterocycles. The van der Waals surface area contributed by atoms with E-state index < -0.39 is 0 Å². The summed E-state index contributed by atoms with van der Waals surface area (Å²) >= 11 is 3.22. The summed E-state index contributed by atoms with van der Waals surface area (Å²) in [5.74, 6) is -0.0734. The van der Waals surface area contributed by atoms with Gasteiger partial charge in [0.1, 0.15) is 11.6 Å². The van der Waals surface area contributed by atoms with Gasteiger partial charge in [0.05, 0.1) is 5.69 Å². The maximum absolute atomic E-state index is 13.7. The molecule has 0 fully saturated rings. The normalized spacial score (nSPS) is 12.2. The van der Waals surface area contributed by atoms with E-state index in [0.717, 1.165) is 5.56 Å². The van der Waals surface area contributed by atoms with Gasteiger partial charge >= 0.3 is 0 Å². The molecule has 0 saturated carbocycles. The summed E-state index contributed by atoms with van der Waals surface area (Å²) in [7, 11) is 0. The maximum atomic E-state index is 13.7. The van der Waals surface area contributed by atoms with Crippen molar-refractivity contribution in [2.45, 2.75) is 13.0 Å². The molecule has 0 aliphatic carbocycles. The van der Waals surface area contributed by atoms with Crippen LogP contribution in [0, 0.1) is 5.82 Å². The Kier molecular flexibility index (Phi) is 3.87. The van der Waals surface area contributed by atoms with Crippen molar-refractivity contribution in [3.63, 3.8) is 0 Å². The summed E-state index contributed by atoms with van der Waals surface area (Å²) in [5.41, 5.74) is 1.44. The molecule has 0 radical (unpaired) electrons. The first-order valence-corrected chi connectivity index (χ1v) is 6.36. The molecule has 94 valence electrons. The fraction of sp³-hybridized carbons (Fsp3) is 0.143. The number of halogens is 2. The number of anilines is 1. The first-order chi connectivity index (χ1) is 8.56. The lowest BCUT2D eigenvalue weighted by Crippen LogP contribution is -2.07. The van der Waals surface area contributed by atoms with Crippen molar-refractivity contribution < 1.29 is 9.50 Å². The molecular weight excluding hydrogens is 297 g/mol. The number of nitrogens with one attached hydrogen (secondary N) is 1. The van der Waals surface area contributed by atoms with Crippen molar-refractivity contribution in [3.8, 4) is 5.75 Å². The van der Waals surface area contributed by atoms with Crippen LogP contribution in [0.15, 0.2) is 46.9 Å². The monoisotopic (exact) mass is 309 g/mol. The Morgan fingerprint density at radius 1 is 1.17 bits per heavy atom. The quantitative estimate of drug-likeness (QED) is 0.877. The minimum atomic E-state index is -0.296. The van der Waals surface area contributed by atoms with E-state index in [1.54, 1.807) is 24.3 Å². The minimum absolute atomic E-state index is 0.0405.